The Balaban J connectivity index is 1.43. The molecule has 3 aromatic rings. The Morgan fingerprint density at radius 1 is 1.12 bits per heavy atom. The third-order valence-corrected chi connectivity index (χ3v) is 6.73. The number of benzene rings is 1. The molecular weight excluding hydrogens is 445 g/mol. The van der Waals surface area contributed by atoms with Gasteiger partial charge in [-0.05, 0) is 12.1 Å². The number of carbonyl (C=O) groups excluding carboxylic acids is 1. The van der Waals surface area contributed by atoms with Crippen LogP contribution in [0.1, 0.15) is 20.9 Å². The lowest BCUT2D eigenvalue weighted by Gasteiger charge is -2.34. The Morgan fingerprint density at radius 3 is 2.47 bits per heavy atom. The molecule has 0 atom stereocenters. The lowest BCUT2D eigenvalue weighted by atomic mass is 10.1. The summed E-state index contributed by atoms with van der Waals surface area (Å²) in [4.78, 5) is 17.5. The second kappa shape index (κ2) is 8.62. The van der Waals surface area contributed by atoms with Crippen LogP contribution in [0.25, 0.3) is 10.2 Å². The molecule has 1 aliphatic heterocycles. The predicted molar refractivity (Wildman–Crippen MR) is 114 cm³/mol. The molecule has 1 aromatic carbocycles. The van der Waals surface area contributed by atoms with Crippen molar-refractivity contribution in [1.29, 1.82) is 0 Å². The number of thiophene rings is 1. The third-order valence-electron chi connectivity index (χ3n) is 5.54. The minimum Gasteiger partial charge on any atom is -0.497 e. The average molecular weight is 469 g/mol. The number of hydrogen-bond acceptors (Lipinski definition) is 6. The summed E-state index contributed by atoms with van der Waals surface area (Å²) in [5.41, 5.74) is 0.0633. The van der Waals surface area contributed by atoms with E-state index in [0.29, 0.717) is 48.2 Å². The van der Waals surface area contributed by atoms with E-state index in [1.165, 1.54) is 17.8 Å². The van der Waals surface area contributed by atoms with Gasteiger partial charge in [-0.15, -0.1) is 11.3 Å². The fourth-order valence-corrected chi connectivity index (χ4v) is 4.88. The van der Waals surface area contributed by atoms with E-state index in [-0.39, 0.29) is 11.3 Å². The molecule has 1 fully saturated rings. The molecule has 0 radical (unpaired) electrons. The predicted octanol–water partition coefficient (Wildman–Crippen LogP) is 3.63. The van der Waals surface area contributed by atoms with Crippen molar-refractivity contribution in [1.82, 2.24) is 19.6 Å². The molecule has 1 amide bonds. The highest BCUT2D eigenvalue weighted by atomic mass is 32.1. The second-order valence-electron chi connectivity index (χ2n) is 7.55. The van der Waals surface area contributed by atoms with Crippen LogP contribution in [0.15, 0.2) is 24.3 Å². The molecule has 0 spiro atoms. The number of alkyl halides is 3. The van der Waals surface area contributed by atoms with E-state index >= 15 is 0 Å². The first-order valence-electron chi connectivity index (χ1n) is 9.97. The summed E-state index contributed by atoms with van der Waals surface area (Å²) in [6, 6.07) is 6.98. The highest BCUT2D eigenvalue weighted by Gasteiger charge is 2.38. The van der Waals surface area contributed by atoms with E-state index < -0.39 is 11.9 Å². The van der Waals surface area contributed by atoms with Crippen molar-refractivity contribution in [3.05, 3.63) is 40.4 Å². The van der Waals surface area contributed by atoms with Crippen molar-refractivity contribution in [2.24, 2.45) is 7.05 Å². The standard InChI is InChI=1S/C21H23F3N4O3S/c1-26-20-15(18(25-26)21(22,23)24)11-17(32-20)19(29)28-8-6-27(7-9-28)12-13-4-5-14(30-2)10-16(13)31-3/h4-5,10-11H,6-9,12H2,1-3H3. The van der Waals surface area contributed by atoms with Crippen molar-refractivity contribution >= 4 is 27.5 Å². The van der Waals surface area contributed by atoms with Crippen LogP contribution in [-0.4, -0.2) is 65.9 Å². The Morgan fingerprint density at radius 2 is 1.84 bits per heavy atom. The highest BCUT2D eigenvalue weighted by molar-refractivity contribution is 7.20. The van der Waals surface area contributed by atoms with Crippen LogP contribution in [0.2, 0.25) is 0 Å². The summed E-state index contributed by atoms with van der Waals surface area (Å²) >= 11 is 1.04. The monoisotopic (exact) mass is 468 g/mol. The number of hydrogen-bond donors (Lipinski definition) is 0. The van der Waals surface area contributed by atoms with Crippen molar-refractivity contribution in [2.45, 2.75) is 12.7 Å². The molecule has 172 valence electrons. The Bertz CT molecular complexity index is 1130. The molecule has 1 saturated heterocycles. The number of fused-ring (bicyclic) bond motifs is 1. The SMILES string of the molecule is COc1ccc(CN2CCN(C(=O)c3cc4c(C(F)(F)F)nn(C)c4s3)CC2)c(OC)c1. The van der Waals surface area contributed by atoms with Crippen LogP contribution < -0.4 is 9.47 Å². The van der Waals surface area contributed by atoms with Gasteiger partial charge in [0, 0.05) is 56.8 Å². The van der Waals surface area contributed by atoms with E-state index in [9.17, 15) is 18.0 Å². The lowest BCUT2D eigenvalue weighted by Crippen LogP contribution is -2.48. The quantitative estimate of drug-likeness (QED) is 0.573. The number of carbonyl (C=O) groups is 1. The van der Waals surface area contributed by atoms with Crippen LogP contribution in [0.4, 0.5) is 13.2 Å². The van der Waals surface area contributed by atoms with Gasteiger partial charge in [0.1, 0.15) is 16.3 Å². The minimum atomic E-state index is -4.56. The van der Waals surface area contributed by atoms with Gasteiger partial charge >= 0.3 is 6.18 Å². The number of aryl methyl sites for hydroxylation is 1. The Hall–Kier alpha value is -2.79. The maximum atomic E-state index is 13.2. The highest BCUT2D eigenvalue weighted by Crippen LogP contribution is 2.37. The van der Waals surface area contributed by atoms with Crippen molar-refractivity contribution < 1.29 is 27.4 Å². The van der Waals surface area contributed by atoms with Gasteiger partial charge < -0.3 is 14.4 Å². The lowest BCUT2D eigenvalue weighted by molar-refractivity contribution is -0.140. The number of rotatable bonds is 5. The van der Waals surface area contributed by atoms with Gasteiger partial charge in [0.15, 0.2) is 5.69 Å². The number of aromatic nitrogens is 2. The van der Waals surface area contributed by atoms with E-state index in [1.807, 2.05) is 18.2 Å². The third kappa shape index (κ3) is 4.26. The van der Waals surface area contributed by atoms with Crippen LogP contribution in [0.3, 0.4) is 0 Å². The molecule has 4 rings (SSSR count). The first-order valence-corrected chi connectivity index (χ1v) is 10.8. The zero-order chi connectivity index (χ0) is 23.0. The van der Waals surface area contributed by atoms with Gasteiger partial charge in [-0.3, -0.25) is 14.4 Å². The first-order chi connectivity index (χ1) is 15.2. The zero-order valence-electron chi connectivity index (χ0n) is 17.9. The van der Waals surface area contributed by atoms with Gasteiger partial charge in [0.05, 0.1) is 19.1 Å². The van der Waals surface area contributed by atoms with Crippen molar-refractivity contribution in [3.63, 3.8) is 0 Å². The Labute approximate surface area is 186 Å². The van der Waals surface area contributed by atoms with Gasteiger partial charge in [0.25, 0.3) is 5.91 Å². The number of amides is 1. The van der Waals surface area contributed by atoms with Crippen molar-refractivity contribution in [3.8, 4) is 11.5 Å². The number of piperazine rings is 1. The van der Waals surface area contributed by atoms with Crippen LogP contribution in [0, 0.1) is 0 Å². The summed E-state index contributed by atoms with van der Waals surface area (Å²) in [6.07, 6.45) is -4.56. The van der Waals surface area contributed by atoms with E-state index in [0.717, 1.165) is 22.6 Å². The van der Waals surface area contributed by atoms with Gasteiger partial charge in [0.2, 0.25) is 0 Å². The molecule has 0 saturated carbocycles. The molecule has 3 heterocycles. The fraction of sp³-hybridized carbons (Fsp3) is 0.429. The normalized spacial score (nSPS) is 15.4. The van der Waals surface area contributed by atoms with Crippen molar-refractivity contribution in [2.75, 3.05) is 40.4 Å². The van der Waals surface area contributed by atoms with E-state index in [1.54, 1.807) is 19.1 Å². The van der Waals surface area contributed by atoms with Crippen LogP contribution in [0.5, 0.6) is 11.5 Å². The second-order valence-corrected chi connectivity index (χ2v) is 8.58. The summed E-state index contributed by atoms with van der Waals surface area (Å²) in [7, 11) is 4.66. The largest absolute Gasteiger partial charge is 0.497 e. The van der Waals surface area contributed by atoms with Crippen LogP contribution >= 0.6 is 11.3 Å². The number of nitrogens with zero attached hydrogens (tertiary/aromatic N) is 4. The van der Waals surface area contributed by atoms with Gasteiger partial charge in [-0.1, -0.05) is 6.07 Å². The molecule has 0 aliphatic carbocycles. The average Bonchev–Trinajstić information content (AvgIpc) is 3.34. The molecule has 1 aliphatic rings. The summed E-state index contributed by atoms with van der Waals surface area (Å²) in [5.74, 6) is 1.21. The molecule has 7 nitrogen and oxygen atoms in total. The van der Waals surface area contributed by atoms with Crippen LogP contribution in [-0.2, 0) is 19.8 Å². The van der Waals surface area contributed by atoms with Gasteiger partial charge in [-0.25, -0.2) is 0 Å². The van der Waals surface area contributed by atoms with E-state index in [2.05, 4.69) is 10.00 Å². The number of halogens is 3. The smallest absolute Gasteiger partial charge is 0.435 e. The Kier molecular flexibility index (Phi) is 6.04. The molecule has 2 aromatic heterocycles. The molecular formula is C21H23F3N4O3S. The first kappa shape index (κ1) is 22.4. The fourth-order valence-electron chi connectivity index (χ4n) is 3.84. The summed E-state index contributed by atoms with van der Waals surface area (Å²) in [5, 5.41) is 3.53. The number of methoxy groups -OCH3 is 2. The maximum Gasteiger partial charge on any atom is 0.435 e. The molecule has 0 bridgehead atoms. The maximum absolute atomic E-state index is 13.2. The minimum absolute atomic E-state index is 0.0291. The zero-order valence-corrected chi connectivity index (χ0v) is 18.7. The van der Waals surface area contributed by atoms with E-state index in [4.69, 9.17) is 9.47 Å². The molecule has 32 heavy (non-hydrogen) atoms. The molecule has 0 N–H and O–H groups in total. The topological polar surface area (TPSA) is 59.8 Å². The van der Waals surface area contributed by atoms with Gasteiger partial charge in [-0.2, -0.15) is 18.3 Å². The molecule has 0 unspecified atom stereocenters. The molecule has 11 heteroatoms. The summed E-state index contributed by atoms with van der Waals surface area (Å²) < 4.78 is 51.5. The number of ether oxygens (including phenoxy) is 2. The summed E-state index contributed by atoms with van der Waals surface area (Å²) in [6.45, 7) is 2.97.